The van der Waals surface area contributed by atoms with E-state index in [4.69, 9.17) is 13.9 Å². The van der Waals surface area contributed by atoms with E-state index in [1.807, 2.05) is 31.2 Å². The lowest BCUT2D eigenvalue weighted by Crippen LogP contribution is -2.20. The predicted molar refractivity (Wildman–Crippen MR) is 98.4 cm³/mol. The number of hydrogen-bond acceptors (Lipinski definition) is 5. The van der Waals surface area contributed by atoms with Crippen molar-refractivity contribution in [1.82, 2.24) is 0 Å². The number of esters is 1. The smallest absolute Gasteiger partial charge is 0.351 e. The normalized spacial score (nSPS) is 12.0. The molecule has 0 aliphatic carbocycles. The summed E-state index contributed by atoms with van der Waals surface area (Å²) in [5.41, 5.74) is 2.34. The van der Waals surface area contributed by atoms with Crippen LogP contribution in [-0.2, 0) is 16.0 Å². The molecule has 0 radical (unpaired) electrons. The van der Waals surface area contributed by atoms with Crippen LogP contribution < -0.4 is 10.4 Å². The summed E-state index contributed by atoms with van der Waals surface area (Å²) in [5.74, 6) is -0.0346. The molecule has 1 aromatic heterocycles. The van der Waals surface area contributed by atoms with Gasteiger partial charge in [0.1, 0.15) is 11.3 Å². The summed E-state index contributed by atoms with van der Waals surface area (Å²) in [6, 6.07) is 14.3. The van der Waals surface area contributed by atoms with Gasteiger partial charge in [-0.25, -0.2) is 9.59 Å². The standard InChI is InChI=1S/C21H20O5/c1-4-14-12-18(22)26-19-13(2)17(11-10-16(14)19)25-20(21(23)24-3)15-8-6-5-7-9-15/h5-12,20H,4H2,1-3H3/t20-/m1/s1. The van der Waals surface area contributed by atoms with Crippen molar-refractivity contribution in [2.24, 2.45) is 0 Å². The molecule has 0 saturated carbocycles. The summed E-state index contributed by atoms with van der Waals surface area (Å²) in [6.07, 6.45) is -0.185. The fraction of sp³-hybridized carbons (Fsp3) is 0.238. The first kappa shape index (κ1) is 17.7. The number of carbonyl (C=O) groups is 1. The monoisotopic (exact) mass is 352 g/mol. The molecule has 0 bridgehead atoms. The highest BCUT2D eigenvalue weighted by Gasteiger charge is 2.25. The molecular formula is C21H20O5. The van der Waals surface area contributed by atoms with Crippen molar-refractivity contribution >= 4 is 16.9 Å². The highest BCUT2D eigenvalue weighted by atomic mass is 16.6. The maximum atomic E-state index is 12.2. The second-order valence-electron chi connectivity index (χ2n) is 5.94. The van der Waals surface area contributed by atoms with Crippen LogP contribution in [0.4, 0.5) is 0 Å². The van der Waals surface area contributed by atoms with Crippen LogP contribution in [-0.4, -0.2) is 13.1 Å². The van der Waals surface area contributed by atoms with Gasteiger partial charge in [0.25, 0.3) is 0 Å². The van der Waals surface area contributed by atoms with E-state index in [1.165, 1.54) is 13.2 Å². The van der Waals surface area contributed by atoms with E-state index in [-0.39, 0.29) is 0 Å². The van der Waals surface area contributed by atoms with Crippen LogP contribution in [0.2, 0.25) is 0 Å². The van der Waals surface area contributed by atoms with Crippen molar-refractivity contribution in [3.8, 4) is 5.75 Å². The van der Waals surface area contributed by atoms with E-state index in [9.17, 15) is 9.59 Å². The Bertz CT molecular complexity index is 988. The Balaban J connectivity index is 2.08. The van der Waals surface area contributed by atoms with Gasteiger partial charge in [-0.3, -0.25) is 0 Å². The van der Waals surface area contributed by atoms with E-state index >= 15 is 0 Å². The van der Waals surface area contributed by atoms with E-state index < -0.39 is 17.7 Å². The quantitative estimate of drug-likeness (QED) is 0.514. The van der Waals surface area contributed by atoms with Gasteiger partial charge in [0.15, 0.2) is 0 Å². The minimum absolute atomic E-state index is 0.401. The molecule has 0 saturated heterocycles. The third-order valence-corrected chi connectivity index (χ3v) is 4.34. The molecule has 0 spiro atoms. The van der Waals surface area contributed by atoms with Gasteiger partial charge in [-0.15, -0.1) is 0 Å². The molecular weight excluding hydrogens is 332 g/mol. The van der Waals surface area contributed by atoms with Crippen LogP contribution in [0.1, 0.15) is 29.7 Å². The van der Waals surface area contributed by atoms with Crippen molar-refractivity contribution in [2.75, 3.05) is 7.11 Å². The van der Waals surface area contributed by atoms with Crippen molar-refractivity contribution < 1.29 is 18.7 Å². The molecule has 0 N–H and O–H groups in total. The second kappa shape index (κ2) is 7.44. The molecule has 1 heterocycles. The van der Waals surface area contributed by atoms with Crippen LogP contribution in [0.25, 0.3) is 11.0 Å². The van der Waals surface area contributed by atoms with Crippen molar-refractivity contribution in [1.29, 1.82) is 0 Å². The first-order valence-corrected chi connectivity index (χ1v) is 8.41. The molecule has 5 nitrogen and oxygen atoms in total. The molecule has 0 unspecified atom stereocenters. The molecule has 3 rings (SSSR count). The summed E-state index contributed by atoms with van der Waals surface area (Å²) >= 11 is 0. The lowest BCUT2D eigenvalue weighted by atomic mass is 10.0. The number of hydrogen-bond donors (Lipinski definition) is 0. The molecule has 0 aliphatic heterocycles. The number of ether oxygens (including phenoxy) is 2. The number of rotatable bonds is 5. The van der Waals surface area contributed by atoms with E-state index in [0.717, 1.165) is 17.4 Å². The number of carbonyl (C=O) groups excluding carboxylic acids is 1. The summed E-state index contributed by atoms with van der Waals surface area (Å²) < 4.78 is 16.3. The van der Waals surface area contributed by atoms with E-state index in [0.29, 0.717) is 22.5 Å². The van der Waals surface area contributed by atoms with Gasteiger partial charge in [0.05, 0.1) is 7.11 Å². The third-order valence-electron chi connectivity index (χ3n) is 4.34. The lowest BCUT2D eigenvalue weighted by molar-refractivity contribution is -0.149. The van der Waals surface area contributed by atoms with Crippen LogP contribution in [0.15, 0.2) is 57.7 Å². The number of fused-ring (bicyclic) bond motifs is 1. The third kappa shape index (κ3) is 3.33. The van der Waals surface area contributed by atoms with Gasteiger partial charge in [-0.1, -0.05) is 37.3 Å². The van der Waals surface area contributed by atoms with Crippen molar-refractivity contribution in [3.63, 3.8) is 0 Å². The van der Waals surface area contributed by atoms with Crippen LogP contribution in [0.3, 0.4) is 0 Å². The Labute approximate surface area is 151 Å². The largest absolute Gasteiger partial charge is 0.474 e. The molecule has 5 heteroatoms. The molecule has 3 aromatic rings. The van der Waals surface area contributed by atoms with Crippen molar-refractivity contribution in [2.45, 2.75) is 26.4 Å². The highest BCUT2D eigenvalue weighted by molar-refractivity contribution is 5.85. The second-order valence-corrected chi connectivity index (χ2v) is 5.94. The zero-order valence-electron chi connectivity index (χ0n) is 14.9. The first-order chi connectivity index (χ1) is 12.5. The molecule has 2 aromatic carbocycles. The van der Waals surface area contributed by atoms with Crippen LogP contribution >= 0.6 is 0 Å². The van der Waals surface area contributed by atoms with Crippen LogP contribution in [0, 0.1) is 6.92 Å². The number of aryl methyl sites for hydroxylation is 2. The highest BCUT2D eigenvalue weighted by Crippen LogP contribution is 2.32. The number of methoxy groups -OCH3 is 1. The summed E-state index contributed by atoms with van der Waals surface area (Å²) in [4.78, 5) is 24.1. The molecule has 26 heavy (non-hydrogen) atoms. The Morgan fingerprint density at radius 3 is 2.54 bits per heavy atom. The molecule has 134 valence electrons. The van der Waals surface area contributed by atoms with E-state index in [1.54, 1.807) is 25.1 Å². The van der Waals surface area contributed by atoms with Crippen molar-refractivity contribution in [3.05, 3.63) is 75.6 Å². The van der Waals surface area contributed by atoms with Gasteiger partial charge in [0.2, 0.25) is 6.10 Å². The van der Waals surface area contributed by atoms with Gasteiger partial charge >= 0.3 is 11.6 Å². The lowest BCUT2D eigenvalue weighted by Gasteiger charge is -2.19. The minimum Gasteiger partial charge on any atom is -0.474 e. The van der Waals surface area contributed by atoms with Gasteiger partial charge in [0, 0.05) is 22.6 Å². The zero-order valence-corrected chi connectivity index (χ0v) is 14.9. The topological polar surface area (TPSA) is 65.7 Å². The van der Waals surface area contributed by atoms with Gasteiger partial charge < -0.3 is 13.9 Å². The summed E-state index contributed by atoms with van der Waals surface area (Å²) in [7, 11) is 1.32. The average Bonchev–Trinajstić information content (AvgIpc) is 2.67. The minimum atomic E-state index is -0.904. The molecule has 0 amide bonds. The Hall–Kier alpha value is -3.08. The summed E-state index contributed by atoms with van der Waals surface area (Å²) in [6.45, 7) is 3.79. The predicted octanol–water partition coefficient (Wildman–Crippen LogP) is 3.96. The molecule has 0 aliphatic rings. The first-order valence-electron chi connectivity index (χ1n) is 8.41. The Morgan fingerprint density at radius 2 is 1.88 bits per heavy atom. The fourth-order valence-corrected chi connectivity index (χ4v) is 2.94. The SMILES string of the molecule is CCc1cc(=O)oc2c(C)c(O[C@@H](C(=O)OC)c3ccccc3)ccc12. The van der Waals surface area contributed by atoms with Gasteiger partial charge in [-0.05, 0) is 31.0 Å². The fourth-order valence-electron chi connectivity index (χ4n) is 2.94. The van der Waals surface area contributed by atoms with E-state index in [2.05, 4.69) is 0 Å². The molecule has 0 fully saturated rings. The summed E-state index contributed by atoms with van der Waals surface area (Å²) in [5, 5.41) is 0.867. The van der Waals surface area contributed by atoms with Crippen LogP contribution in [0.5, 0.6) is 5.75 Å². The molecule has 1 atom stereocenters. The average molecular weight is 352 g/mol. The maximum absolute atomic E-state index is 12.2. The van der Waals surface area contributed by atoms with Gasteiger partial charge in [-0.2, -0.15) is 0 Å². The number of benzene rings is 2. The Kier molecular flexibility index (Phi) is 5.07. The maximum Gasteiger partial charge on any atom is 0.351 e. The Morgan fingerprint density at radius 1 is 1.15 bits per heavy atom. The zero-order chi connectivity index (χ0) is 18.7.